The van der Waals surface area contributed by atoms with Crippen LogP contribution in [0.3, 0.4) is 0 Å². The van der Waals surface area contributed by atoms with Gasteiger partial charge in [-0.25, -0.2) is 4.79 Å². The van der Waals surface area contributed by atoms with E-state index in [2.05, 4.69) is 10.6 Å². The summed E-state index contributed by atoms with van der Waals surface area (Å²) in [5, 5.41) is 5.94. The standard InChI is InChI=1S/C22H25Cl2N3O4/c1-13(2)19(27-22(30)31-12-14-6-4-3-5-7-14)21(29)26-18(20(25)28)10-15-8-9-16(23)11-17(15)24/h3-9,11,13,18-19H,10,12H2,1-2H3,(H2,25,28)(H,26,29)(H,27,30)/t18-,19-/m0/s1. The van der Waals surface area contributed by atoms with Crippen molar-refractivity contribution in [1.29, 1.82) is 0 Å². The lowest BCUT2D eigenvalue weighted by atomic mass is 10.0. The van der Waals surface area contributed by atoms with E-state index in [1.807, 2.05) is 30.3 Å². The molecule has 0 saturated heterocycles. The summed E-state index contributed by atoms with van der Waals surface area (Å²) < 4.78 is 5.18. The molecular weight excluding hydrogens is 441 g/mol. The van der Waals surface area contributed by atoms with Gasteiger partial charge in [-0.15, -0.1) is 0 Å². The summed E-state index contributed by atoms with van der Waals surface area (Å²) in [6.45, 7) is 3.59. The number of rotatable bonds is 9. The van der Waals surface area contributed by atoms with Crippen LogP contribution in [0, 0.1) is 5.92 Å². The Hall–Kier alpha value is -2.77. The van der Waals surface area contributed by atoms with Gasteiger partial charge in [0, 0.05) is 16.5 Å². The number of hydrogen-bond donors (Lipinski definition) is 3. The first-order chi connectivity index (χ1) is 14.7. The number of carbonyl (C=O) groups is 3. The van der Waals surface area contributed by atoms with Gasteiger partial charge < -0.3 is 21.1 Å². The van der Waals surface area contributed by atoms with Crippen LogP contribution in [0.25, 0.3) is 0 Å². The lowest BCUT2D eigenvalue weighted by Crippen LogP contribution is -2.55. The average molecular weight is 466 g/mol. The molecule has 0 aliphatic rings. The van der Waals surface area contributed by atoms with Crippen LogP contribution < -0.4 is 16.4 Å². The number of alkyl carbamates (subject to hydrolysis) is 1. The van der Waals surface area contributed by atoms with Crippen LogP contribution in [0.15, 0.2) is 48.5 Å². The molecule has 0 aliphatic heterocycles. The van der Waals surface area contributed by atoms with Crippen molar-refractivity contribution in [1.82, 2.24) is 10.6 Å². The Morgan fingerprint density at radius 2 is 1.71 bits per heavy atom. The summed E-state index contributed by atoms with van der Waals surface area (Å²) in [5.41, 5.74) is 6.89. The Morgan fingerprint density at radius 3 is 2.29 bits per heavy atom. The summed E-state index contributed by atoms with van der Waals surface area (Å²) in [6.07, 6.45) is -0.658. The average Bonchev–Trinajstić information content (AvgIpc) is 2.72. The van der Waals surface area contributed by atoms with E-state index in [0.717, 1.165) is 5.56 Å². The molecule has 0 heterocycles. The molecule has 31 heavy (non-hydrogen) atoms. The molecule has 2 aromatic carbocycles. The molecule has 0 radical (unpaired) electrons. The third-order valence-electron chi connectivity index (χ3n) is 4.53. The Bertz CT molecular complexity index is 922. The number of amides is 3. The number of carbonyl (C=O) groups excluding carboxylic acids is 3. The number of nitrogens with one attached hydrogen (secondary N) is 2. The van der Waals surface area contributed by atoms with E-state index < -0.39 is 30.0 Å². The number of primary amides is 1. The van der Waals surface area contributed by atoms with Gasteiger partial charge in [-0.3, -0.25) is 9.59 Å². The van der Waals surface area contributed by atoms with Gasteiger partial charge in [0.05, 0.1) is 0 Å². The van der Waals surface area contributed by atoms with Crippen molar-refractivity contribution in [3.05, 3.63) is 69.7 Å². The van der Waals surface area contributed by atoms with Gasteiger partial charge in [-0.2, -0.15) is 0 Å². The van der Waals surface area contributed by atoms with Crippen molar-refractivity contribution in [2.45, 2.75) is 39.0 Å². The Morgan fingerprint density at radius 1 is 1.03 bits per heavy atom. The highest BCUT2D eigenvalue weighted by Gasteiger charge is 2.29. The van der Waals surface area contributed by atoms with Crippen LogP contribution in [-0.4, -0.2) is 30.0 Å². The second kappa shape index (κ2) is 11.6. The molecule has 166 valence electrons. The van der Waals surface area contributed by atoms with E-state index in [0.29, 0.717) is 15.6 Å². The molecule has 0 saturated carbocycles. The third kappa shape index (κ3) is 7.77. The van der Waals surface area contributed by atoms with Crippen LogP contribution in [0.1, 0.15) is 25.0 Å². The lowest BCUT2D eigenvalue weighted by Gasteiger charge is -2.24. The minimum Gasteiger partial charge on any atom is -0.445 e. The number of ether oxygens (including phenoxy) is 1. The lowest BCUT2D eigenvalue weighted by molar-refractivity contribution is -0.129. The Balaban J connectivity index is 2.01. The number of benzene rings is 2. The molecule has 0 unspecified atom stereocenters. The van der Waals surface area contributed by atoms with Gasteiger partial charge in [0.25, 0.3) is 0 Å². The van der Waals surface area contributed by atoms with Gasteiger partial charge in [0.1, 0.15) is 18.7 Å². The molecule has 7 nitrogen and oxygen atoms in total. The van der Waals surface area contributed by atoms with Crippen LogP contribution >= 0.6 is 23.2 Å². The fourth-order valence-electron chi connectivity index (χ4n) is 2.82. The van der Waals surface area contributed by atoms with Gasteiger partial charge in [0.2, 0.25) is 11.8 Å². The largest absolute Gasteiger partial charge is 0.445 e. The first kappa shape index (κ1) is 24.5. The predicted octanol–water partition coefficient (Wildman–Crippen LogP) is 3.46. The SMILES string of the molecule is CC(C)[C@H](NC(=O)OCc1ccccc1)C(=O)N[C@@H](Cc1ccc(Cl)cc1Cl)C(N)=O. The number of nitrogens with two attached hydrogens (primary N) is 1. The number of hydrogen-bond acceptors (Lipinski definition) is 4. The van der Waals surface area contributed by atoms with E-state index in [9.17, 15) is 14.4 Å². The Labute approximate surface area is 191 Å². The first-order valence-electron chi connectivity index (χ1n) is 9.68. The summed E-state index contributed by atoms with van der Waals surface area (Å²) in [5.74, 6) is -1.55. The van der Waals surface area contributed by atoms with Gasteiger partial charge in [-0.05, 0) is 29.2 Å². The molecule has 2 rings (SSSR count). The van der Waals surface area contributed by atoms with Crippen molar-refractivity contribution < 1.29 is 19.1 Å². The van der Waals surface area contributed by atoms with Gasteiger partial charge >= 0.3 is 6.09 Å². The fraction of sp³-hybridized carbons (Fsp3) is 0.318. The minimum atomic E-state index is -1.02. The fourth-order valence-corrected chi connectivity index (χ4v) is 3.30. The highest BCUT2D eigenvalue weighted by atomic mass is 35.5. The van der Waals surface area contributed by atoms with E-state index in [4.69, 9.17) is 33.7 Å². The third-order valence-corrected chi connectivity index (χ3v) is 5.12. The van der Waals surface area contributed by atoms with Crippen LogP contribution in [0.4, 0.5) is 4.79 Å². The van der Waals surface area contributed by atoms with Crippen LogP contribution in [0.5, 0.6) is 0 Å². The summed E-state index contributed by atoms with van der Waals surface area (Å²) >= 11 is 12.1. The monoisotopic (exact) mass is 465 g/mol. The molecule has 4 N–H and O–H groups in total. The van der Waals surface area contributed by atoms with Gasteiger partial charge in [0.15, 0.2) is 0 Å². The first-order valence-corrected chi connectivity index (χ1v) is 10.4. The maximum Gasteiger partial charge on any atom is 0.408 e. The molecule has 0 aliphatic carbocycles. The number of halogens is 2. The molecule has 0 bridgehead atoms. The van der Waals surface area contributed by atoms with Crippen LogP contribution in [-0.2, 0) is 27.4 Å². The van der Waals surface area contributed by atoms with E-state index >= 15 is 0 Å². The molecule has 3 amide bonds. The van der Waals surface area contributed by atoms with E-state index in [-0.39, 0.29) is 18.9 Å². The zero-order valence-corrected chi connectivity index (χ0v) is 18.7. The predicted molar refractivity (Wildman–Crippen MR) is 120 cm³/mol. The highest BCUT2D eigenvalue weighted by molar-refractivity contribution is 6.35. The molecule has 0 aromatic heterocycles. The van der Waals surface area contributed by atoms with E-state index in [1.54, 1.807) is 32.0 Å². The molecule has 9 heteroatoms. The zero-order chi connectivity index (χ0) is 23.0. The molecule has 0 spiro atoms. The van der Waals surface area contributed by atoms with Crippen molar-refractivity contribution in [2.75, 3.05) is 0 Å². The van der Waals surface area contributed by atoms with Crippen molar-refractivity contribution in [2.24, 2.45) is 11.7 Å². The molecular formula is C22H25Cl2N3O4. The Kier molecular flexibility index (Phi) is 9.15. The maximum absolute atomic E-state index is 12.8. The smallest absolute Gasteiger partial charge is 0.408 e. The molecule has 2 aromatic rings. The van der Waals surface area contributed by atoms with Crippen LogP contribution in [0.2, 0.25) is 10.0 Å². The molecule has 2 atom stereocenters. The normalized spacial score (nSPS) is 12.7. The topological polar surface area (TPSA) is 111 Å². The summed E-state index contributed by atoms with van der Waals surface area (Å²) in [4.78, 5) is 36.9. The van der Waals surface area contributed by atoms with Crippen molar-refractivity contribution in [3.8, 4) is 0 Å². The second-order valence-corrected chi connectivity index (χ2v) is 8.17. The molecule has 0 fully saturated rings. The zero-order valence-electron chi connectivity index (χ0n) is 17.2. The van der Waals surface area contributed by atoms with Gasteiger partial charge in [-0.1, -0.05) is 73.4 Å². The quantitative estimate of drug-likeness (QED) is 0.526. The summed E-state index contributed by atoms with van der Waals surface area (Å²) in [6, 6.07) is 12.0. The van der Waals surface area contributed by atoms with Crippen molar-refractivity contribution >= 4 is 41.1 Å². The maximum atomic E-state index is 12.8. The van der Waals surface area contributed by atoms with E-state index in [1.165, 1.54) is 0 Å². The second-order valence-electron chi connectivity index (χ2n) is 7.33. The highest BCUT2D eigenvalue weighted by Crippen LogP contribution is 2.22. The summed E-state index contributed by atoms with van der Waals surface area (Å²) in [7, 11) is 0. The minimum absolute atomic E-state index is 0.0675. The van der Waals surface area contributed by atoms with Crippen molar-refractivity contribution in [3.63, 3.8) is 0 Å².